The van der Waals surface area contributed by atoms with Crippen molar-refractivity contribution >= 4 is 34.4 Å². The van der Waals surface area contributed by atoms with Crippen LogP contribution in [0.15, 0.2) is 73.4 Å². The first-order valence-electron chi connectivity index (χ1n) is 12.0. The molecule has 0 atom stereocenters. The Labute approximate surface area is 217 Å². The van der Waals surface area contributed by atoms with Crippen molar-refractivity contribution in [3.05, 3.63) is 79.0 Å². The van der Waals surface area contributed by atoms with E-state index >= 15 is 0 Å². The van der Waals surface area contributed by atoms with Crippen LogP contribution >= 0.6 is 0 Å². The van der Waals surface area contributed by atoms with E-state index in [-0.39, 0.29) is 11.9 Å². The number of pyridine rings is 2. The average molecular weight is 506 g/mol. The highest BCUT2D eigenvalue weighted by atomic mass is 16.5. The van der Waals surface area contributed by atoms with E-state index in [1.54, 1.807) is 55.2 Å². The molecule has 5 aromatic rings. The second-order valence-corrected chi connectivity index (χ2v) is 8.66. The molecule has 188 valence electrons. The second kappa shape index (κ2) is 10.1. The molecule has 0 aliphatic carbocycles. The first-order chi connectivity index (χ1) is 18.6. The van der Waals surface area contributed by atoms with E-state index in [1.807, 2.05) is 18.2 Å². The van der Waals surface area contributed by atoms with Gasteiger partial charge in [-0.1, -0.05) is 12.1 Å². The van der Waals surface area contributed by atoms with Gasteiger partial charge in [0.15, 0.2) is 11.6 Å². The van der Waals surface area contributed by atoms with E-state index in [4.69, 9.17) is 25.4 Å². The maximum absolute atomic E-state index is 12.6. The van der Waals surface area contributed by atoms with Gasteiger partial charge in [-0.25, -0.2) is 19.9 Å². The van der Waals surface area contributed by atoms with Crippen molar-refractivity contribution in [2.45, 2.75) is 0 Å². The monoisotopic (exact) mass is 505 g/mol. The second-order valence-electron chi connectivity index (χ2n) is 8.66. The van der Waals surface area contributed by atoms with Gasteiger partial charge < -0.3 is 20.7 Å². The Bertz CT molecular complexity index is 1590. The molecule has 1 aliphatic heterocycles. The minimum atomic E-state index is -0.197. The van der Waals surface area contributed by atoms with Crippen molar-refractivity contribution in [1.82, 2.24) is 29.9 Å². The number of aromatic nitrogens is 6. The number of amides is 1. The first kappa shape index (κ1) is 23.4. The van der Waals surface area contributed by atoms with E-state index in [0.29, 0.717) is 60.0 Å². The Balaban J connectivity index is 1.35. The third-order valence-corrected chi connectivity index (χ3v) is 6.18. The molecule has 1 amide bonds. The number of hydrogen-bond acceptors (Lipinski definition) is 10. The number of benzene rings is 1. The number of carbonyl (C=O) groups excluding carboxylic acids is 1. The minimum Gasteiger partial charge on any atom is -0.378 e. The summed E-state index contributed by atoms with van der Waals surface area (Å²) in [4.78, 5) is 41.3. The van der Waals surface area contributed by atoms with Gasteiger partial charge in [0.05, 0.1) is 24.3 Å². The maximum Gasteiger partial charge on any atom is 0.255 e. The Morgan fingerprint density at radius 1 is 0.868 bits per heavy atom. The normalized spacial score (nSPS) is 13.4. The molecule has 0 bridgehead atoms. The Hall–Kier alpha value is -5.03. The summed E-state index contributed by atoms with van der Waals surface area (Å²) in [5.41, 5.74) is 10.7. The molecular weight excluding hydrogens is 482 g/mol. The van der Waals surface area contributed by atoms with Crippen LogP contribution in [-0.2, 0) is 4.74 Å². The highest BCUT2D eigenvalue weighted by molar-refractivity contribution is 6.04. The van der Waals surface area contributed by atoms with Crippen LogP contribution in [0, 0.1) is 0 Å². The van der Waals surface area contributed by atoms with Gasteiger partial charge in [-0.15, -0.1) is 0 Å². The molecule has 11 heteroatoms. The van der Waals surface area contributed by atoms with Crippen molar-refractivity contribution < 1.29 is 9.53 Å². The largest absolute Gasteiger partial charge is 0.378 e. The van der Waals surface area contributed by atoms with E-state index in [2.05, 4.69) is 25.2 Å². The smallest absolute Gasteiger partial charge is 0.255 e. The zero-order chi connectivity index (χ0) is 25.9. The average Bonchev–Trinajstić information content (AvgIpc) is 2.98. The zero-order valence-electron chi connectivity index (χ0n) is 20.3. The van der Waals surface area contributed by atoms with Crippen LogP contribution in [-0.4, -0.2) is 62.1 Å². The number of nitrogens with zero attached hydrogens (tertiary/aromatic N) is 7. The number of nitrogen functional groups attached to an aromatic ring is 1. The molecule has 0 saturated carbocycles. The van der Waals surface area contributed by atoms with Crippen molar-refractivity contribution in [3.63, 3.8) is 0 Å². The minimum absolute atomic E-state index is 0.185. The third kappa shape index (κ3) is 4.82. The lowest BCUT2D eigenvalue weighted by Gasteiger charge is -2.28. The molecule has 1 aliphatic rings. The lowest BCUT2D eigenvalue weighted by Crippen LogP contribution is -2.37. The molecule has 3 N–H and O–H groups in total. The lowest BCUT2D eigenvalue weighted by molar-refractivity contribution is 0.102. The van der Waals surface area contributed by atoms with Crippen molar-refractivity contribution in [3.8, 4) is 22.5 Å². The number of anilines is 3. The van der Waals surface area contributed by atoms with Crippen molar-refractivity contribution in [2.75, 3.05) is 42.3 Å². The molecule has 5 heterocycles. The van der Waals surface area contributed by atoms with Crippen LogP contribution in [0.25, 0.3) is 33.5 Å². The number of nitrogens with two attached hydrogens (primary N) is 1. The molecule has 1 fully saturated rings. The number of fused-ring (bicyclic) bond motifs is 1. The number of hydrogen-bond donors (Lipinski definition) is 2. The van der Waals surface area contributed by atoms with Crippen molar-refractivity contribution in [1.29, 1.82) is 0 Å². The summed E-state index contributed by atoms with van der Waals surface area (Å²) in [6, 6.07) is 12.8. The Morgan fingerprint density at radius 3 is 2.32 bits per heavy atom. The number of nitrogens with one attached hydrogen (secondary N) is 1. The fourth-order valence-electron chi connectivity index (χ4n) is 4.19. The molecule has 1 saturated heterocycles. The van der Waals surface area contributed by atoms with Gasteiger partial charge >= 0.3 is 0 Å². The fraction of sp³-hybridized carbons (Fsp3) is 0.148. The Morgan fingerprint density at radius 2 is 1.58 bits per heavy atom. The van der Waals surface area contributed by atoms with E-state index in [1.165, 1.54) is 0 Å². The van der Waals surface area contributed by atoms with E-state index < -0.39 is 0 Å². The van der Waals surface area contributed by atoms with Gasteiger partial charge in [-0.2, -0.15) is 0 Å². The topological polar surface area (TPSA) is 145 Å². The lowest BCUT2D eigenvalue weighted by atomic mass is 10.0. The number of rotatable bonds is 5. The van der Waals surface area contributed by atoms with E-state index in [9.17, 15) is 4.79 Å². The number of carbonyl (C=O) groups is 1. The molecule has 1 aromatic carbocycles. The summed E-state index contributed by atoms with van der Waals surface area (Å²) in [5.74, 6) is 1.21. The summed E-state index contributed by atoms with van der Waals surface area (Å²) in [5, 5.41) is 2.86. The highest BCUT2D eigenvalue weighted by Gasteiger charge is 2.20. The fourth-order valence-corrected chi connectivity index (χ4v) is 4.19. The van der Waals surface area contributed by atoms with Crippen molar-refractivity contribution in [2.24, 2.45) is 0 Å². The summed E-state index contributed by atoms with van der Waals surface area (Å²) < 4.78 is 5.53. The standard InChI is InChI=1S/C27H23N9O2/c28-27-31-15-20(16-32-27)24-34-22-13-19(14-30-23(22)25(35-24)36-9-11-38-12-10-36)17-1-3-18(4-2-17)26(37)33-21-5-7-29-8-6-21/h1-8,13-16H,9-12H2,(H2,28,31,32)(H,29,33,37). The summed E-state index contributed by atoms with van der Waals surface area (Å²) in [6.45, 7) is 2.64. The first-order valence-corrected chi connectivity index (χ1v) is 12.0. The van der Waals surface area contributed by atoms with Crippen LogP contribution in [0.4, 0.5) is 17.5 Å². The quantitative estimate of drug-likeness (QED) is 0.365. The van der Waals surface area contributed by atoms with Gasteiger partial charge in [0.1, 0.15) is 5.52 Å². The predicted molar refractivity (Wildman–Crippen MR) is 143 cm³/mol. The van der Waals surface area contributed by atoms with Gasteiger partial charge in [-0.3, -0.25) is 14.8 Å². The third-order valence-electron chi connectivity index (χ3n) is 6.18. The van der Waals surface area contributed by atoms with Gasteiger partial charge in [0.2, 0.25) is 5.95 Å². The van der Waals surface area contributed by atoms with E-state index in [0.717, 1.165) is 16.9 Å². The highest BCUT2D eigenvalue weighted by Crippen LogP contribution is 2.30. The van der Waals surface area contributed by atoms with Gasteiger partial charge in [0.25, 0.3) is 5.91 Å². The number of morpholine rings is 1. The van der Waals surface area contributed by atoms with Gasteiger partial charge in [0, 0.05) is 60.9 Å². The molecule has 6 rings (SSSR count). The zero-order valence-corrected chi connectivity index (χ0v) is 20.3. The molecule has 0 spiro atoms. The van der Waals surface area contributed by atoms with Crippen LogP contribution in [0.1, 0.15) is 10.4 Å². The molecule has 0 radical (unpaired) electrons. The molecule has 4 aromatic heterocycles. The molecule has 11 nitrogen and oxygen atoms in total. The van der Waals surface area contributed by atoms with Crippen LogP contribution < -0.4 is 16.0 Å². The SMILES string of the molecule is Nc1ncc(-c2nc(N3CCOCC3)c3ncc(-c4ccc(C(=O)Nc5ccncc5)cc4)cc3n2)cn1. The van der Waals surface area contributed by atoms with Crippen LogP contribution in [0.2, 0.25) is 0 Å². The van der Waals surface area contributed by atoms with Gasteiger partial charge in [-0.05, 0) is 35.9 Å². The molecule has 0 unspecified atom stereocenters. The molecular formula is C27H23N9O2. The number of ether oxygens (including phenoxy) is 1. The Kier molecular flexibility index (Phi) is 6.24. The summed E-state index contributed by atoms with van der Waals surface area (Å²) in [7, 11) is 0. The molecule has 38 heavy (non-hydrogen) atoms. The van der Waals surface area contributed by atoms with Crippen LogP contribution in [0.3, 0.4) is 0 Å². The predicted octanol–water partition coefficient (Wildman–Crippen LogP) is 3.21. The maximum atomic E-state index is 12.6. The van der Waals surface area contributed by atoms with Crippen LogP contribution in [0.5, 0.6) is 0 Å². The summed E-state index contributed by atoms with van der Waals surface area (Å²) >= 11 is 0. The summed E-state index contributed by atoms with van der Waals surface area (Å²) in [6.07, 6.45) is 8.28.